The van der Waals surface area contributed by atoms with Crippen molar-refractivity contribution in [3.8, 4) is 28.6 Å². The number of para-hydroxylation sites is 1. The van der Waals surface area contributed by atoms with Gasteiger partial charge in [0.15, 0.2) is 23.4 Å². The van der Waals surface area contributed by atoms with Crippen molar-refractivity contribution in [1.82, 2.24) is 15.2 Å². The summed E-state index contributed by atoms with van der Waals surface area (Å²) in [6.07, 6.45) is 1.20. The van der Waals surface area contributed by atoms with Crippen molar-refractivity contribution in [3.63, 3.8) is 0 Å². The molecule has 9 heteroatoms. The Labute approximate surface area is 183 Å². The van der Waals surface area contributed by atoms with E-state index in [9.17, 15) is 0 Å². The van der Waals surface area contributed by atoms with Crippen LogP contribution in [0.15, 0.2) is 54.2 Å². The van der Waals surface area contributed by atoms with E-state index in [0.29, 0.717) is 39.0 Å². The number of hydrogen-bond donors (Lipinski definition) is 1. The second-order valence-corrected chi connectivity index (χ2v) is 7.67. The van der Waals surface area contributed by atoms with Gasteiger partial charge in [-0.15, -0.1) is 16.8 Å². The Hall–Kier alpha value is -2.97. The van der Waals surface area contributed by atoms with Gasteiger partial charge in [-0.1, -0.05) is 47.6 Å². The SMILES string of the molecule is C=CCSc1nnc2c(n1)O[C@@H](c1cc(Cl)c(OC)c(OC)c1)Nc1ccccc1-2. The molecule has 0 fully saturated rings. The third kappa shape index (κ3) is 3.88. The quantitative estimate of drug-likeness (QED) is 0.422. The van der Waals surface area contributed by atoms with Crippen LogP contribution >= 0.6 is 23.4 Å². The minimum absolute atomic E-state index is 0.380. The lowest BCUT2D eigenvalue weighted by molar-refractivity contribution is 0.224. The van der Waals surface area contributed by atoms with Crippen molar-refractivity contribution in [3.05, 3.63) is 59.6 Å². The first kappa shape index (κ1) is 20.3. The van der Waals surface area contributed by atoms with Crippen LogP contribution in [0, 0.1) is 0 Å². The number of ether oxygens (including phenoxy) is 3. The number of methoxy groups -OCH3 is 2. The molecule has 0 bridgehead atoms. The van der Waals surface area contributed by atoms with Crippen molar-refractivity contribution >= 4 is 29.1 Å². The molecular weight excluding hydrogens is 424 g/mol. The van der Waals surface area contributed by atoms with Crippen LogP contribution in [0.2, 0.25) is 5.02 Å². The molecule has 1 N–H and O–H groups in total. The normalized spacial score (nSPS) is 14.4. The number of nitrogens with one attached hydrogen (secondary N) is 1. The maximum atomic E-state index is 6.42. The average molecular weight is 443 g/mol. The van der Waals surface area contributed by atoms with Gasteiger partial charge < -0.3 is 19.5 Å². The highest BCUT2D eigenvalue weighted by Gasteiger charge is 2.27. The minimum Gasteiger partial charge on any atom is -0.493 e. The summed E-state index contributed by atoms with van der Waals surface area (Å²) in [6.45, 7) is 3.73. The average Bonchev–Trinajstić information content (AvgIpc) is 2.93. The lowest BCUT2D eigenvalue weighted by atomic mass is 10.1. The first-order valence-electron chi connectivity index (χ1n) is 9.07. The van der Waals surface area contributed by atoms with Crippen LogP contribution in [0.1, 0.15) is 11.8 Å². The van der Waals surface area contributed by atoms with Crippen LogP contribution in [-0.4, -0.2) is 35.2 Å². The molecule has 1 aliphatic rings. The first-order valence-corrected chi connectivity index (χ1v) is 10.4. The van der Waals surface area contributed by atoms with Gasteiger partial charge in [-0.3, -0.25) is 0 Å². The minimum atomic E-state index is -0.585. The Morgan fingerprint density at radius 2 is 2.07 bits per heavy atom. The Kier molecular flexibility index (Phi) is 5.96. The topological polar surface area (TPSA) is 78.4 Å². The summed E-state index contributed by atoms with van der Waals surface area (Å²) in [5.41, 5.74) is 3.01. The monoisotopic (exact) mass is 442 g/mol. The molecule has 0 saturated heterocycles. The summed E-state index contributed by atoms with van der Waals surface area (Å²) < 4.78 is 17.0. The molecule has 0 amide bonds. The zero-order valence-corrected chi connectivity index (χ0v) is 18.0. The lowest BCUT2D eigenvalue weighted by Gasteiger charge is -2.21. The molecule has 0 saturated carbocycles. The van der Waals surface area contributed by atoms with E-state index in [1.807, 2.05) is 30.3 Å². The fraction of sp³-hybridized carbons (Fsp3) is 0.190. The number of hydrogen-bond acceptors (Lipinski definition) is 8. The number of rotatable bonds is 6. The highest BCUT2D eigenvalue weighted by molar-refractivity contribution is 7.99. The zero-order valence-electron chi connectivity index (χ0n) is 16.4. The Morgan fingerprint density at radius 1 is 1.23 bits per heavy atom. The van der Waals surface area contributed by atoms with E-state index in [4.69, 9.17) is 25.8 Å². The Morgan fingerprint density at radius 3 is 2.83 bits per heavy atom. The highest BCUT2D eigenvalue weighted by Crippen LogP contribution is 2.42. The summed E-state index contributed by atoms with van der Waals surface area (Å²) in [5, 5.41) is 12.9. The number of nitrogens with zero attached hydrogens (tertiary/aromatic N) is 3. The van der Waals surface area contributed by atoms with E-state index in [2.05, 4.69) is 27.1 Å². The highest BCUT2D eigenvalue weighted by atomic mass is 35.5. The Bertz CT molecular complexity index is 1100. The summed E-state index contributed by atoms with van der Waals surface area (Å²) in [4.78, 5) is 4.57. The van der Waals surface area contributed by atoms with E-state index in [1.165, 1.54) is 11.8 Å². The third-order valence-corrected chi connectivity index (χ3v) is 5.54. The predicted molar refractivity (Wildman–Crippen MR) is 118 cm³/mol. The number of fused-ring (bicyclic) bond motifs is 3. The molecule has 0 unspecified atom stereocenters. The molecule has 30 heavy (non-hydrogen) atoms. The number of thioether (sulfide) groups is 1. The van der Waals surface area contributed by atoms with E-state index < -0.39 is 6.23 Å². The molecule has 2 aromatic carbocycles. The molecular formula is C21H19ClN4O3S. The smallest absolute Gasteiger partial charge is 0.247 e. The Balaban J connectivity index is 1.81. The fourth-order valence-corrected chi connectivity index (χ4v) is 3.89. The van der Waals surface area contributed by atoms with Crippen LogP contribution in [0.4, 0.5) is 5.69 Å². The van der Waals surface area contributed by atoms with E-state index >= 15 is 0 Å². The van der Waals surface area contributed by atoms with Gasteiger partial charge >= 0.3 is 0 Å². The van der Waals surface area contributed by atoms with Gasteiger partial charge in [0.05, 0.1) is 19.2 Å². The maximum absolute atomic E-state index is 6.42. The van der Waals surface area contributed by atoms with Crippen LogP contribution in [0.5, 0.6) is 17.4 Å². The number of benzene rings is 2. The van der Waals surface area contributed by atoms with Gasteiger partial charge in [-0.25, -0.2) is 0 Å². The molecule has 7 nitrogen and oxygen atoms in total. The largest absolute Gasteiger partial charge is 0.493 e. The van der Waals surface area contributed by atoms with Crippen LogP contribution in [0.25, 0.3) is 11.3 Å². The number of aromatic nitrogens is 3. The zero-order chi connectivity index (χ0) is 21.1. The second kappa shape index (κ2) is 8.81. The van der Waals surface area contributed by atoms with Gasteiger partial charge in [-0.2, -0.15) is 4.98 Å². The standard InChI is InChI=1S/C21H19ClN4O3S/c1-4-9-30-21-24-20-17(25-26-21)13-7-5-6-8-15(13)23-19(29-20)12-10-14(22)18(28-3)16(11-12)27-2/h4-8,10-11,19,23H,1,9H2,2-3H3/t19-/m0/s1. The lowest BCUT2D eigenvalue weighted by Crippen LogP contribution is -2.17. The molecule has 0 spiro atoms. The van der Waals surface area contributed by atoms with Crippen LogP contribution < -0.4 is 19.5 Å². The van der Waals surface area contributed by atoms with Crippen molar-refractivity contribution in [2.45, 2.75) is 11.4 Å². The van der Waals surface area contributed by atoms with Crippen LogP contribution in [-0.2, 0) is 0 Å². The summed E-state index contributed by atoms with van der Waals surface area (Å²) in [7, 11) is 3.10. The van der Waals surface area contributed by atoms with Gasteiger partial charge in [0.2, 0.25) is 11.0 Å². The van der Waals surface area contributed by atoms with Crippen molar-refractivity contribution in [2.24, 2.45) is 0 Å². The molecule has 1 aliphatic heterocycles. The van der Waals surface area contributed by atoms with E-state index in [1.54, 1.807) is 26.4 Å². The summed E-state index contributed by atoms with van der Waals surface area (Å²) in [5.74, 6) is 2.02. The van der Waals surface area contributed by atoms with E-state index in [0.717, 1.165) is 16.8 Å². The molecule has 2 heterocycles. The number of anilines is 1. The second-order valence-electron chi connectivity index (χ2n) is 6.27. The van der Waals surface area contributed by atoms with Gasteiger partial charge in [0.1, 0.15) is 0 Å². The van der Waals surface area contributed by atoms with E-state index in [-0.39, 0.29) is 0 Å². The summed E-state index contributed by atoms with van der Waals surface area (Å²) in [6, 6.07) is 11.4. The molecule has 1 atom stereocenters. The van der Waals surface area contributed by atoms with Crippen molar-refractivity contribution in [1.29, 1.82) is 0 Å². The first-order chi connectivity index (χ1) is 14.6. The van der Waals surface area contributed by atoms with Crippen molar-refractivity contribution < 1.29 is 14.2 Å². The third-order valence-electron chi connectivity index (χ3n) is 4.42. The van der Waals surface area contributed by atoms with Gasteiger partial charge in [0, 0.05) is 22.6 Å². The predicted octanol–water partition coefficient (Wildman–Crippen LogP) is 4.99. The van der Waals surface area contributed by atoms with Gasteiger partial charge in [-0.05, 0) is 18.2 Å². The maximum Gasteiger partial charge on any atom is 0.247 e. The molecule has 1 aromatic heterocycles. The molecule has 3 aromatic rings. The molecule has 0 radical (unpaired) electrons. The summed E-state index contributed by atoms with van der Waals surface area (Å²) >= 11 is 7.85. The van der Waals surface area contributed by atoms with Gasteiger partial charge in [0.25, 0.3) is 0 Å². The molecule has 0 aliphatic carbocycles. The molecule has 4 rings (SSSR count). The fourth-order valence-electron chi connectivity index (χ4n) is 3.08. The van der Waals surface area contributed by atoms with Crippen molar-refractivity contribution in [2.75, 3.05) is 25.3 Å². The number of halogens is 1. The molecule has 154 valence electrons. The van der Waals surface area contributed by atoms with Crippen LogP contribution in [0.3, 0.4) is 0 Å².